The van der Waals surface area contributed by atoms with Gasteiger partial charge in [0.05, 0.1) is 0 Å². The number of fused-ring (bicyclic) bond motifs is 3. The summed E-state index contributed by atoms with van der Waals surface area (Å²) in [6.45, 7) is 0. The van der Waals surface area contributed by atoms with Crippen molar-refractivity contribution in [3.05, 3.63) is 72.0 Å². The van der Waals surface area contributed by atoms with Crippen LogP contribution in [0.2, 0.25) is 0 Å². The van der Waals surface area contributed by atoms with Crippen LogP contribution in [0.4, 0.5) is 13.2 Å². The average molecular weight is 409 g/mol. The van der Waals surface area contributed by atoms with Crippen molar-refractivity contribution in [2.75, 3.05) is 0 Å². The van der Waals surface area contributed by atoms with Crippen LogP contribution < -0.4 is 27.1 Å². The second-order valence-corrected chi connectivity index (χ2v) is 9.70. The number of rotatable bonds is 0. The van der Waals surface area contributed by atoms with Crippen LogP contribution in [-0.4, -0.2) is 0 Å². The molecule has 0 fully saturated rings. The molecule has 3 heterocycles. The van der Waals surface area contributed by atoms with Crippen LogP contribution in [0.3, 0.4) is 0 Å². The summed E-state index contributed by atoms with van der Waals surface area (Å²) in [5, 5.41) is 0. The summed E-state index contributed by atoms with van der Waals surface area (Å²) in [5.74, 6) is -4.30. The molecule has 3 aromatic carbocycles. The molecule has 0 amide bonds. The minimum atomic E-state index is -6.39. The zero-order chi connectivity index (χ0) is 19.2. The van der Waals surface area contributed by atoms with E-state index in [9.17, 15) is 13.2 Å². The fourth-order valence-electron chi connectivity index (χ4n) is 3.39. The molecular weight excluding hydrogens is 400 g/mol. The van der Waals surface area contributed by atoms with Crippen LogP contribution >= 0.6 is 7.31 Å². The standard InChI is InChI=1S/C18H9F3O6P/c19-10-4-1-7-13-16(10)25-28(22-13,23-14-8-2-5-11(20)17(14)26-28)24-15-9-3-6-12(21)18(15)27-28/h1-9H/q-1. The molecule has 0 saturated heterocycles. The quantitative estimate of drug-likeness (QED) is 0.464. The maximum absolute atomic E-state index is 14.4. The van der Waals surface area contributed by atoms with E-state index in [0.717, 1.165) is 18.2 Å². The predicted octanol–water partition coefficient (Wildman–Crippen LogP) is 5.40. The molecule has 0 radical (unpaired) electrons. The van der Waals surface area contributed by atoms with Gasteiger partial charge in [-0.2, -0.15) is 0 Å². The first kappa shape index (κ1) is 15.7. The summed E-state index contributed by atoms with van der Waals surface area (Å²) < 4.78 is 77.8. The van der Waals surface area contributed by atoms with Gasteiger partial charge in [0.25, 0.3) is 0 Å². The number of hydrogen-bond acceptors (Lipinski definition) is 6. The van der Waals surface area contributed by atoms with Gasteiger partial charge in [-0.1, -0.05) is 0 Å². The molecular formula is C18H9F3O6P-. The van der Waals surface area contributed by atoms with Crippen molar-refractivity contribution in [1.29, 1.82) is 0 Å². The first-order valence-electron chi connectivity index (χ1n) is 8.12. The number of benzene rings is 3. The van der Waals surface area contributed by atoms with Crippen molar-refractivity contribution in [3.63, 3.8) is 0 Å². The van der Waals surface area contributed by atoms with E-state index < -0.39 is 42.0 Å². The average Bonchev–Trinajstić information content (AvgIpc) is 3.23. The molecule has 0 saturated carbocycles. The van der Waals surface area contributed by atoms with Gasteiger partial charge < -0.3 is 0 Å². The molecule has 0 atom stereocenters. The summed E-state index contributed by atoms with van der Waals surface area (Å²) in [4.78, 5) is 0. The number of halogens is 3. The Balaban J connectivity index is 1.65. The Kier molecular flexibility index (Phi) is 2.37. The van der Waals surface area contributed by atoms with Gasteiger partial charge in [0.2, 0.25) is 0 Å². The molecule has 28 heavy (non-hydrogen) atoms. The predicted molar refractivity (Wildman–Crippen MR) is 89.9 cm³/mol. The number of para-hydroxylation sites is 3. The zero-order valence-electron chi connectivity index (χ0n) is 13.7. The van der Waals surface area contributed by atoms with Crippen molar-refractivity contribution in [2.24, 2.45) is 0 Å². The van der Waals surface area contributed by atoms with Gasteiger partial charge in [0, 0.05) is 0 Å². The molecule has 6 rings (SSSR count). The molecule has 0 aliphatic carbocycles. The van der Waals surface area contributed by atoms with Crippen LogP contribution in [0.5, 0.6) is 34.5 Å². The van der Waals surface area contributed by atoms with Gasteiger partial charge in [-0.3, -0.25) is 0 Å². The second kappa shape index (κ2) is 4.23. The Morgan fingerprint density at radius 2 is 0.786 bits per heavy atom. The fourth-order valence-corrected chi connectivity index (χ4v) is 7.23. The van der Waals surface area contributed by atoms with Crippen molar-refractivity contribution >= 4 is 7.31 Å². The topological polar surface area (TPSA) is 55.4 Å². The van der Waals surface area contributed by atoms with E-state index in [4.69, 9.17) is 27.1 Å². The molecule has 0 N–H and O–H groups in total. The summed E-state index contributed by atoms with van der Waals surface area (Å²) in [5.41, 5.74) is 0. The van der Waals surface area contributed by atoms with Crippen molar-refractivity contribution < 1.29 is 40.3 Å². The van der Waals surface area contributed by atoms with Gasteiger partial charge in [-0.15, -0.1) is 0 Å². The summed E-state index contributed by atoms with van der Waals surface area (Å²) in [6, 6.07) is 11.4. The fraction of sp³-hybridized carbons (Fsp3) is 0. The van der Waals surface area contributed by atoms with E-state index in [1.807, 2.05) is 0 Å². The molecule has 6 nitrogen and oxygen atoms in total. The first-order valence-corrected chi connectivity index (χ1v) is 10.3. The van der Waals surface area contributed by atoms with Crippen molar-refractivity contribution in [1.82, 2.24) is 0 Å². The van der Waals surface area contributed by atoms with Gasteiger partial charge >= 0.3 is 154 Å². The van der Waals surface area contributed by atoms with E-state index in [1.165, 1.54) is 36.4 Å². The van der Waals surface area contributed by atoms with E-state index >= 15 is 0 Å². The van der Waals surface area contributed by atoms with Crippen molar-refractivity contribution in [3.8, 4) is 34.5 Å². The Bertz CT molecular complexity index is 1070. The van der Waals surface area contributed by atoms with Gasteiger partial charge in [-0.25, -0.2) is 0 Å². The van der Waals surface area contributed by atoms with E-state index in [2.05, 4.69) is 0 Å². The minimum absolute atomic E-state index is 0.169. The Morgan fingerprint density at radius 3 is 1.07 bits per heavy atom. The molecule has 0 aromatic heterocycles. The van der Waals surface area contributed by atoms with E-state index in [1.54, 1.807) is 0 Å². The monoisotopic (exact) mass is 409 g/mol. The van der Waals surface area contributed by atoms with Gasteiger partial charge in [0.15, 0.2) is 0 Å². The Hall–Kier alpha value is -3.32. The van der Waals surface area contributed by atoms with Crippen LogP contribution in [0.25, 0.3) is 0 Å². The van der Waals surface area contributed by atoms with Crippen LogP contribution in [-0.2, 0) is 0 Å². The number of hydrogen-bond donors (Lipinski definition) is 0. The molecule has 3 aliphatic rings. The third-order valence-corrected chi connectivity index (χ3v) is 7.85. The summed E-state index contributed by atoms with van der Waals surface area (Å²) in [6.07, 6.45) is 0. The van der Waals surface area contributed by atoms with Gasteiger partial charge in [0.1, 0.15) is 0 Å². The molecule has 144 valence electrons. The SMILES string of the molecule is Fc1cccc2c1O[P-]13(O2)(Oc2cccc(F)c2O1)Oc1cccc(F)c1O3. The Labute approximate surface area is 154 Å². The van der Waals surface area contributed by atoms with Gasteiger partial charge in [-0.05, 0) is 0 Å². The molecule has 3 aliphatic heterocycles. The van der Waals surface area contributed by atoms with E-state index in [0.29, 0.717) is 0 Å². The molecule has 0 unspecified atom stereocenters. The first-order chi connectivity index (χ1) is 13.4. The summed E-state index contributed by atoms with van der Waals surface area (Å²) in [7, 11) is -6.39. The maximum atomic E-state index is 14.4. The van der Waals surface area contributed by atoms with Crippen LogP contribution in [0, 0.1) is 17.5 Å². The van der Waals surface area contributed by atoms with E-state index in [-0.39, 0.29) is 17.2 Å². The third-order valence-electron chi connectivity index (χ3n) is 4.48. The molecule has 10 heteroatoms. The summed E-state index contributed by atoms with van der Waals surface area (Å²) >= 11 is 0. The Morgan fingerprint density at radius 1 is 0.464 bits per heavy atom. The van der Waals surface area contributed by atoms with Crippen molar-refractivity contribution in [2.45, 2.75) is 0 Å². The van der Waals surface area contributed by atoms with Crippen LogP contribution in [0.1, 0.15) is 0 Å². The second-order valence-electron chi connectivity index (χ2n) is 6.37. The molecule has 3 aromatic rings. The third kappa shape index (κ3) is 1.64. The molecule has 1 spiro atoms. The normalized spacial score (nSPS) is 22.4. The zero-order valence-corrected chi connectivity index (χ0v) is 14.6. The molecule has 0 bridgehead atoms. The van der Waals surface area contributed by atoms with Crippen LogP contribution in [0.15, 0.2) is 54.6 Å².